The van der Waals surface area contributed by atoms with Gasteiger partial charge in [-0.15, -0.1) is 0 Å². The van der Waals surface area contributed by atoms with Crippen LogP contribution in [0.4, 0.5) is 0 Å². The van der Waals surface area contributed by atoms with Gasteiger partial charge < -0.3 is 4.57 Å². The molecule has 1 aromatic carbocycles. The lowest BCUT2D eigenvalue weighted by Crippen LogP contribution is -2.03. The van der Waals surface area contributed by atoms with E-state index < -0.39 is 0 Å². The van der Waals surface area contributed by atoms with Gasteiger partial charge in [0.25, 0.3) is 0 Å². The third kappa shape index (κ3) is 2.23. The summed E-state index contributed by atoms with van der Waals surface area (Å²) in [4.78, 5) is 4.27. The van der Waals surface area contributed by atoms with Crippen molar-refractivity contribution in [2.24, 2.45) is 0 Å². The number of hydrogen-bond donors (Lipinski definition) is 0. The first-order chi connectivity index (χ1) is 7.72. The first kappa shape index (κ1) is 11.5. The minimum Gasteiger partial charge on any atom is -0.330 e. The molecule has 1 heterocycles. The quantitative estimate of drug-likeness (QED) is 0.815. The van der Waals surface area contributed by atoms with Gasteiger partial charge in [0.05, 0.1) is 16.6 Å². The van der Waals surface area contributed by atoms with Crippen LogP contribution in [0.3, 0.4) is 0 Å². The highest BCUT2D eigenvalue weighted by molar-refractivity contribution is 6.42. The van der Waals surface area contributed by atoms with Crippen LogP contribution in [-0.2, 0) is 13.0 Å². The van der Waals surface area contributed by atoms with E-state index in [2.05, 4.69) is 16.5 Å². The van der Waals surface area contributed by atoms with Gasteiger partial charge in [0, 0.05) is 18.8 Å². The van der Waals surface area contributed by atoms with Gasteiger partial charge in [-0.3, -0.25) is 0 Å². The molecule has 0 radical (unpaired) electrons. The van der Waals surface area contributed by atoms with Crippen LogP contribution >= 0.6 is 23.2 Å². The summed E-state index contributed by atoms with van der Waals surface area (Å²) in [6, 6.07) is 5.68. The van der Waals surface area contributed by atoms with Crippen LogP contribution in [0.1, 0.15) is 18.3 Å². The van der Waals surface area contributed by atoms with E-state index in [1.54, 1.807) is 12.3 Å². The number of hydrogen-bond acceptors (Lipinski definition) is 1. The fourth-order valence-corrected chi connectivity index (χ4v) is 2.03. The van der Waals surface area contributed by atoms with E-state index in [9.17, 15) is 0 Å². The number of benzene rings is 1. The Kier molecular flexibility index (Phi) is 3.52. The van der Waals surface area contributed by atoms with Gasteiger partial charge >= 0.3 is 0 Å². The van der Waals surface area contributed by atoms with E-state index >= 15 is 0 Å². The standard InChI is InChI=1S/C12H12Cl2N2/c1-2-11-15-6-7-16(11)8-9-4-3-5-10(13)12(9)14/h3-7H,2,8H2,1H3. The summed E-state index contributed by atoms with van der Waals surface area (Å²) in [6.07, 6.45) is 4.67. The maximum absolute atomic E-state index is 6.14. The van der Waals surface area contributed by atoms with Crippen molar-refractivity contribution in [1.82, 2.24) is 9.55 Å². The van der Waals surface area contributed by atoms with Crippen LogP contribution in [0.2, 0.25) is 10.0 Å². The Morgan fingerprint density at radius 2 is 2.12 bits per heavy atom. The van der Waals surface area contributed by atoms with Crippen LogP contribution in [0.25, 0.3) is 0 Å². The molecule has 0 aliphatic heterocycles. The molecule has 2 rings (SSSR count). The Hall–Kier alpha value is -0.990. The van der Waals surface area contributed by atoms with Gasteiger partial charge in [-0.25, -0.2) is 4.98 Å². The van der Waals surface area contributed by atoms with Crippen LogP contribution < -0.4 is 0 Å². The van der Waals surface area contributed by atoms with Crippen molar-refractivity contribution >= 4 is 23.2 Å². The predicted octanol–water partition coefficient (Wildman–Crippen LogP) is 3.80. The summed E-state index contributed by atoms with van der Waals surface area (Å²) < 4.78 is 2.08. The first-order valence-electron chi connectivity index (χ1n) is 5.15. The number of halogens is 2. The van der Waals surface area contributed by atoms with Gasteiger partial charge in [-0.05, 0) is 11.6 Å². The minimum atomic E-state index is 0.595. The first-order valence-corrected chi connectivity index (χ1v) is 5.91. The molecule has 0 saturated carbocycles. The van der Waals surface area contributed by atoms with E-state index in [0.29, 0.717) is 16.6 Å². The van der Waals surface area contributed by atoms with Gasteiger partial charge in [0.2, 0.25) is 0 Å². The summed E-state index contributed by atoms with van der Waals surface area (Å²) in [6.45, 7) is 2.79. The molecule has 1 aromatic heterocycles. The predicted molar refractivity (Wildman–Crippen MR) is 67.2 cm³/mol. The summed E-state index contributed by atoms with van der Waals surface area (Å²) in [5, 5.41) is 1.22. The van der Waals surface area contributed by atoms with Crippen molar-refractivity contribution in [3.63, 3.8) is 0 Å². The third-order valence-electron chi connectivity index (χ3n) is 2.49. The van der Waals surface area contributed by atoms with Crippen molar-refractivity contribution in [2.45, 2.75) is 19.9 Å². The molecule has 0 aliphatic rings. The summed E-state index contributed by atoms with van der Waals surface area (Å²) in [5.41, 5.74) is 1.02. The molecule has 0 amide bonds. The van der Waals surface area contributed by atoms with Crippen molar-refractivity contribution in [3.05, 3.63) is 52.0 Å². The fourth-order valence-electron chi connectivity index (χ4n) is 1.65. The lowest BCUT2D eigenvalue weighted by Gasteiger charge is -2.09. The molecular weight excluding hydrogens is 243 g/mol. The molecule has 0 atom stereocenters. The van der Waals surface area contributed by atoms with Gasteiger partial charge in [0.1, 0.15) is 5.82 Å². The summed E-state index contributed by atoms with van der Waals surface area (Å²) in [7, 11) is 0. The average molecular weight is 255 g/mol. The highest BCUT2D eigenvalue weighted by atomic mass is 35.5. The molecule has 4 heteroatoms. The lowest BCUT2D eigenvalue weighted by molar-refractivity contribution is 0.732. The second kappa shape index (κ2) is 4.89. The number of aromatic nitrogens is 2. The van der Waals surface area contributed by atoms with E-state index in [-0.39, 0.29) is 0 Å². The van der Waals surface area contributed by atoms with E-state index in [1.807, 2.05) is 18.3 Å². The molecule has 0 fully saturated rings. The Bertz CT molecular complexity index is 492. The molecule has 16 heavy (non-hydrogen) atoms. The van der Waals surface area contributed by atoms with Crippen LogP contribution in [0, 0.1) is 0 Å². The molecule has 0 spiro atoms. The van der Waals surface area contributed by atoms with Crippen LogP contribution in [-0.4, -0.2) is 9.55 Å². The highest BCUT2D eigenvalue weighted by Gasteiger charge is 2.06. The van der Waals surface area contributed by atoms with E-state index in [1.165, 1.54) is 0 Å². The third-order valence-corrected chi connectivity index (χ3v) is 3.35. The monoisotopic (exact) mass is 254 g/mol. The summed E-state index contributed by atoms with van der Waals surface area (Å²) in [5.74, 6) is 1.05. The molecule has 0 unspecified atom stereocenters. The highest BCUT2D eigenvalue weighted by Crippen LogP contribution is 2.26. The second-order valence-corrected chi connectivity index (χ2v) is 4.32. The number of aryl methyl sites for hydroxylation is 1. The molecule has 0 saturated heterocycles. The topological polar surface area (TPSA) is 17.8 Å². The van der Waals surface area contributed by atoms with Crippen molar-refractivity contribution in [1.29, 1.82) is 0 Å². The Morgan fingerprint density at radius 3 is 2.88 bits per heavy atom. The SMILES string of the molecule is CCc1nccn1Cc1cccc(Cl)c1Cl. The van der Waals surface area contributed by atoms with Gasteiger partial charge in [0.15, 0.2) is 0 Å². The zero-order valence-corrected chi connectivity index (χ0v) is 10.5. The number of imidazole rings is 1. The Balaban J connectivity index is 2.30. The number of rotatable bonds is 3. The van der Waals surface area contributed by atoms with Gasteiger partial charge in [-0.1, -0.05) is 42.3 Å². The molecule has 0 bridgehead atoms. The molecular formula is C12H12Cl2N2. The lowest BCUT2D eigenvalue weighted by atomic mass is 10.2. The van der Waals surface area contributed by atoms with Crippen LogP contribution in [0.5, 0.6) is 0 Å². The fraction of sp³-hybridized carbons (Fsp3) is 0.250. The molecule has 0 N–H and O–H groups in total. The van der Waals surface area contributed by atoms with Crippen molar-refractivity contribution in [2.75, 3.05) is 0 Å². The number of nitrogens with zero attached hydrogens (tertiary/aromatic N) is 2. The Labute approximate surface area is 105 Å². The van der Waals surface area contributed by atoms with Crippen LogP contribution in [0.15, 0.2) is 30.6 Å². The molecule has 2 aromatic rings. The second-order valence-electron chi connectivity index (χ2n) is 3.54. The maximum Gasteiger partial charge on any atom is 0.108 e. The normalized spacial score (nSPS) is 10.7. The average Bonchev–Trinajstić information content (AvgIpc) is 2.72. The van der Waals surface area contributed by atoms with Gasteiger partial charge in [-0.2, -0.15) is 0 Å². The maximum atomic E-state index is 6.14. The molecule has 0 aliphatic carbocycles. The van der Waals surface area contributed by atoms with Crippen molar-refractivity contribution in [3.8, 4) is 0 Å². The molecule has 2 nitrogen and oxygen atoms in total. The van der Waals surface area contributed by atoms with E-state index in [0.717, 1.165) is 17.8 Å². The molecule has 84 valence electrons. The largest absolute Gasteiger partial charge is 0.330 e. The summed E-state index contributed by atoms with van der Waals surface area (Å²) >= 11 is 12.1. The smallest absolute Gasteiger partial charge is 0.108 e. The zero-order valence-electron chi connectivity index (χ0n) is 8.95. The van der Waals surface area contributed by atoms with Crippen molar-refractivity contribution < 1.29 is 0 Å². The zero-order chi connectivity index (χ0) is 11.5. The Morgan fingerprint density at radius 1 is 1.31 bits per heavy atom. The van der Waals surface area contributed by atoms with E-state index in [4.69, 9.17) is 23.2 Å². The minimum absolute atomic E-state index is 0.595.